The van der Waals surface area contributed by atoms with E-state index in [1.54, 1.807) is 20.8 Å². The van der Waals surface area contributed by atoms with Crippen molar-refractivity contribution in [3.63, 3.8) is 0 Å². The molecular formula is C12H22N2O3. The molecule has 0 aromatic heterocycles. The number of aliphatic carboxylic acids is 1. The summed E-state index contributed by atoms with van der Waals surface area (Å²) < 4.78 is 0. The van der Waals surface area contributed by atoms with Crippen LogP contribution in [0.2, 0.25) is 0 Å². The van der Waals surface area contributed by atoms with Crippen LogP contribution in [0.25, 0.3) is 0 Å². The largest absolute Gasteiger partial charge is 0.480 e. The topological polar surface area (TPSA) is 92.4 Å². The molecule has 0 radical (unpaired) electrons. The predicted octanol–water partition coefficient (Wildman–Crippen LogP) is 0.729. The summed E-state index contributed by atoms with van der Waals surface area (Å²) in [6, 6.07) is -0.782. The van der Waals surface area contributed by atoms with Crippen LogP contribution in [0, 0.1) is 11.3 Å². The van der Waals surface area contributed by atoms with Crippen LogP contribution in [-0.2, 0) is 9.59 Å². The Hall–Kier alpha value is -1.10. The number of hydrogen-bond donors (Lipinski definition) is 3. The van der Waals surface area contributed by atoms with Gasteiger partial charge < -0.3 is 16.2 Å². The van der Waals surface area contributed by atoms with E-state index < -0.39 is 17.4 Å². The van der Waals surface area contributed by atoms with Crippen molar-refractivity contribution in [1.29, 1.82) is 0 Å². The van der Waals surface area contributed by atoms with Crippen LogP contribution >= 0.6 is 0 Å². The second-order valence-corrected chi connectivity index (χ2v) is 5.92. The molecule has 0 heterocycles. The highest BCUT2D eigenvalue weighted by Gasteiger charge is 2.36. The van der Waals surface area contributed by atoms with Crippen molar-refractivity contribution in [3.05, 3.63) is 0 Å². The number of nitrogens with two attached hydrogens (primary N) is 1. The van der Waals surface area contributed by atoms with E-state index in [-0.39, 0.29) is 17.9 Å². The van der Waals surface area contributed by atoms with E-state index in [4.69, 9.17) is 10.8 Å². The lowest BCUT2D eigenvalue weighted by atomic mass is 9.86. The molecule has 17 heavy (non-hydrogen) atoms. The summed E-state index contributed by atoms with van der Waals surface area (Å²) in [5, 5.41) is 11.7. The molecule has 3 atom stereocenters. The van der Waals surface area contributed by atoms with Crippen LogP contribution in [0.15, 0.2) is 0 Å². The first kappa shape index (κ1) is 14.0. The second kappa shape index (κ2) is 5.04. The monoisotopic (exact) mass is 242 g/mol. The Kier molecular flexibility index (Phi) is 4.14. The van der Waals surface area contributed by atoms with E-state index in [0.717, 1.165) is 12.8 Å². The highest BCUT2D eigenvalue weighted by molar-refractivity contribution is 5.85. The van der Waals surface area contributed by atoms with Crippen molar-refractivity contribution in [1.82, 2.24) is 5.32 Å². The SMILES string of the molecule is CC(C)(C)C(NC(=O)C1CCC(N)C1)C(=O)O. The van der Waals surface area contributed by atoms with Crippen molar-refractivity contribution in [3.8, 4) is 0 Å². The van der Waals surface area contributed by atoms with Gasteiger partial charge in [0.1, 0.15) is 6.04 Å². The maximum atomic E-state index is 11.9. The molecule has 0 aromatic rings. The van der Waals surface area contributed by atoms with E-state index in [1.807, 2.05) is 0 Å². The predicted molar refractivity (Wildman–Crippen MR) is 64.3 cm³/mol. The lowest BCUT2D eigenvalue weighted by Crippen LogP contribution is -2.50. The fraction of sp³-hybridized carbons (Fsp3) is 0.833. The molecule has 3 unspecified atom stereocenters. The number of carbonyl (C=O) groups excluding carboxylic acids is 1. The van der Waals surface area contributed by atoms with Crippen molar-refractivity contribution in [2.24, 2.45) is 17.1 Å². The number of carboxylic acid groups (broad SMARTS) is 1. The molecule has 5 nitrogen and oxygen atoms in total. The van der Waals surface area contributed by atoms with Crippen LogP contribution in [0.5, 0.6) is 0 Å². The quantitative estimate of drug-likeness (QED) is 0.680. The van der Waals surface area contributed by atoms with E-state index in [2.05, 4.69) is 5.32 Å². The zero-order chi connectivity index (χ0) is 13.2. The Bertz CT molecular complexity index is 309. The van der Waals surface area contributed by atoms with E-state index in [1.165, 1.54) is 0 Å². The van der Waals surface area contributed by atoms with Crippen LogP contribution in [0.1, 0.15) is 40.0 Å². The van der Waals surface area contributed by atoms with Gasteiger partial charge in [0.2, 0.25) is 5.91 Å². The molecule has 1 rings (SSSR count). The zero-order valence-electron chi connectivity index (χ0n) is 10.7. The van der Waals surface area contributed by atoms with Crippen molar-refractivity contribution < 1.29 is 14.7 Å². The Morgan fingerprint density at radius 2 is 1.94 bits per heavy atom. The average Bonchev–Trinajstić information content (AvgIpc) is 2.58. The molecule has 1 aliphatic carbocycles. The van der Waals surface area contributed by atoms with Gasteiger partial charge in [0.25, 0.3) is 0 Å². The smallest absolute Gasteiger partial charge is 0.326 e. The summed E-state index contributed by atoms with van der Waals surface area (Å²) in [6.07, 6.45) is 2.25. The van der Waals surface area contributed by atoms with E-state index >= 15 is 0 Å². The summed E-state index contributed by atoms with van der Waals surface area (Å²) in [5.74, 6) is -1.30. The zero-order valence-corrected chi connectivity index (χ0v) is 10.7. The molecule has 1 fully saturated rings. The summed E-state index contributed by atoms with van der Waals surface area (Å²) in [7, 11) is 0. The van der Waals surface area contributed by atoms with E-state index in [9.17, 15) is 9.59 Å². The lowest BCUT2D eigenvalue weighted by molar-refractivity contribution is -0.145. The van der Waals surface area contributed by atoms with Gasteiger partial charge in [0, 0.05) is 12.0 Å². The first-order valence-electron chi connectivity index (χ1n) is 6.00. The molecule has 5 heteroatoms. The summed E-state index contributed by atoms with van der Waals surface area (Å²) in [6.45, 7) is 5.39. The van der Waals surface area contributed by atoms with Crippen LogP contribution in [0.3, 0.4) is 0 Å². The van der Waals surface area contributed by atoms with Crippen LogP contribution in [0.4, 0.5) is 0 Å². The van der Waals surface area contributed by atoms with Gasteiger partial charge in [-0.3, -0.25) is 4.79 Å². The van der Waals surface area contributed by atoms with Crippen LogP contribution < -0.4 is 11.1 Å². The van der Waals surface area contributed by atoms with Gasteiger partial charge in [-0.1, -0.05) is 20.8 Å². The van der Waals surface area contributed by atoms with Gasteiger partial charge in [-0.15, -0.1) is 0 Å². The van der Waals surface area contributed by atoms with Gasteiger partial charge in [-0.05, 0) is 24.7 Å². The molecule has 4 N–H and O–H groups in total. The normalized spacial score (nSPS) is 26.6. The molecule has 1 saturated carbocycles. The Morgan fingerprint density at radius 1 is 1.35 bits per heavy atom. The second-order valence-electron chi connectivity index (χ2n) is 5.92. The number of nitrogens with one attached hydrogen (secondary N) is 1. The van der Waals surface area contributed by atoms with Crippen molar-refractivity contribution >= 4 is 11.9 Å². The molecular weight excluding hydrogens is 220 g/mol. The van der Waals surface area contributed by atoms with E-state index in [0.29, 0.717) is 6.42 Å². The molecule has 0 aromatic carbocycles. The molecule has 0 saturated heterocycles. The molecule has 0 bridgehead atoms. The highest BCUT2D eigenvalue weighted by Crippen LogP contribution is 2.26. The molecule has 0 aliphatic heterocycles. The first-order valence-corrected chi connectivity index (χ1v) is 6.00. The van der Waals surface area contributed by atoms with Crippen molar-refractivity contribution in [2.75, 3.05) is 0 Å². The third-order valence-corrected chi connectivity index (χ3v) is 3.24. The lowest BCUT2D eigenvalue weighted by Gasteiger charge is -2.28. The van der Waals surface area contributed by atoms with Gasteiger partial charge in [0.05, 0.1) is 0 Å². The number of hydrogen-bond acceptors (Lipinski definition) is 3. The third kappa shape index (κ3) is 3.70. The maximum Gasteiger partial charge on any atom is 0.326 e. The summed E-state index contributed by atoms with van der Waals surface area (Å²) in [5.41, 5.74) is 5.25. The van der Waals surface area contributed by atoms with Crippen molar-refractivity contribution in [2.45, 2.75) is 52.1 Å². The minimum atomic E-state index is -0.992. The van der Waals surface area contributed by atoms with Gasteiger partial charge >= 0.3 is 5.97 Å². The average molecular weight is 242 g/mol. The number of carboxylic acids is 1. The fourth-order valence-corrected chi connectivity index (χ4v) is 2.16. The summed E-state index contributed by atoms with van der Waals surface area (Å²) >= 11 is 0. The molecule has 98 valence electrons. The minimum absolute atomic E-state index is 0.0728. The standard InChI is InChI=1S/C12H22N2O3/c1-12(2,3)9(11(16)17)14-10(15)7-4-5-8(13)6-7/h7-9H,4-6,13H2,1-3H3,(H,14,15)(H,16,17). The Morgan fingerprint density at radius 3 is 2.29 bits per heavy atom. The molecule has 0 spiro atoms. The molecule has 1 amide bonds. The first-order chi connectivity index (χ1) is 7.71. The Labute approximate surface area is 102 Å². The van der Waals surface area contributed by atoms with Gasteiger partial charge in [-0.2, -0.15) is 0 Å². The minimum Gasteiger partial charge on any atom is -0.480 e. The molecule has 1 aliphatic rings. The van der Waals surface area contributed by atoms with Gasteiger partial charge in [-0.25, -0.2) is 4.79 Å². The number of rotatable bonds is 3. The fourth-order valence-electron chi connectivity index (χ4n) is 2.16. The summed E-state index contributed by atoms with van der Waals surface area (Å²) in [4.78, 5) is 23.0. The number of amides is 1. The van der Waals surface area contributed by atoms with Crippen LogP contribution in [-0.4, -0.2) is 29.1 Å². The number of carbonyl (C=O) groups is 2. The highest BCUT2D eigenvalue weighted by atomic mass is 16.4. The Balaban J connectivity index is 2.62. The third-order valence-electron chi connectivity index (χ3n) is 3.24. The maximum absolute atomic E-state index is 11.9. The van der Waals surface area contributed by atoms with Gasteiger partial charge in [0.15, 0.2) is 0 Å².